The number of rotatable bonds is 4. The highest BCUT2D eigenvalue weighted by Gasteiger charge is 2.18. The lowest BCUT2D eigenvalue weighted by Gasteiger charge is -2.32. The van der Waals surface area contributed by atoms with Crippen molar-refractivity contribution in [3.63, 3.8) is 0 Å². The van der Waals surface area contributed by atoms with Crippen LogP contribution in [0, 0.1) is 0 Å². The summed E-state index contributed by atoms with van der Waals surface area (Å²) in [5.41, 5.74) is 4.34. The molecule has 0 aliphatic carbocycles. The average molecular weight is 336 g/mol. The summed E-state index contributed by atoms with van der Waals surface area (Å²) in [6, 6.07) is 17.2. The molecule has 1 aliphatic rings. The van der Waals surface area contributed by atoms with Gasteiger partial charge in [-0.15, -0.1) is 0 Å². The molecule has 0 radical (unpaired) electrons. The largest absolute Gasteiger partial charge is 0.345 e. The Kier molecular flexibility index (Phi) is 5.54. The number of hydrogen-bond donors (Lipinski definition) is 0. The molecule has 0 N–H and O–H groups in total. The zero-order chi connectivity index (χ0) is 17.8. The van der Waals surface area contributed by atoms with E-state index in [4.69, 9.17) is 0 Å². The fraction of sp³-hybridized carbons (Fsp3) is 0.409. The maximum Gasteiger partial charge on any atom is 0.253 e. The second-order valence-electron chi connectivity index (χ2n) is 7.17. The Balaban J connectivity index is 1.78. The summed E-state index contributed by atoms with van der Waals surface area (Å²) in [6.07, 6.45) is 3.99. The molecular weight excluding hydrogens is 308 g/mol. The van der Waals surface area contributed by atoms with Crippen molar-refractivity contribution in [1.82, 2.24) is 9.80 Å². The Morgan fingerprint density at radius 2 is 1.64 bits per heavy atom. The van der Waals surface area contributed by atoms with Gasteiger partial charge in [-0.2, -0.15) is 0 Å². The maximum atomic E-state index is 12.2. The maximum absolute atomic E-state index is 12.2. The van der Waals surface area contributed by atoms with Crippen molar-refractivity contribution >= 4 is 5.91 Å². The fourth-order valence-electron chi connectivity index (χ4n) is 3.56. The van der Waals surface area contributed by atoms with Gasteiger partial charge >= 0.3 is 0 Å². The van der Waals surface area contributed by atoms with E-state index >= 15 is 0 Å². The minimum atomic E-state index is 0.0391. The van der Waals surface area contributed by atoms with Crippen LogP contribution >= 0.6 is 0 Å². The molecule has 25 heavy (non-hydrogen) atoms. The van der Waals surface area contributed by atoms with Crippen LogP contribution in [0.4, 0.5) is 0 Å². The van der Waals surface area contributed by atoms with Crippen molar-refractivity contribution in [2.24, 2.45) is 0 Å². The van der Waals surface area contributed by atoms with Crippen LogP contribution in [0.5, 0.6) is 0 Å². The molecule has 3 nitrogen and oxygen atoms in total. The van der Waals surface area contributed by atoms with E-state index in [2.05, 4.69) is 42.2 Å². The first-order chi connectivity index (χ1) is 12.1. The highest BCUT2D eigenvalue weighted by Crippen LogP contribution is 2.27. The Morgan fingerprint density at radius 1 is 0.960 bits per heavy atom. The van der Waals surface area contributed by atoms with Crippen molar-refractivity contribution in [2.75, 3.05) is 27.2 Å². The van der Waals surface area contributed by atoms with Crippen LogP contribution in [0.25, 0.3) is 11.1 Å². The average Bonchev–Trinajstić information content (AvgIpc) is 2.67. The number of carbonyl (C=O) groups excluding carboxylic acids is 1. The molecule has 132 valence electrons. The molecule has 0 unspecified atom stereocenters. The highest BCUT2D eigenvalue weighted by molar-refractivity contribution is 5.95. The van der Waals surface area contributed by atoms with Crippen LogP contribution in [0.1, 0.15) is 48.1 Å². The zero-order valence-corrected chi connectivity index (χ0v) is 15.5. The van der Waals surface area contributed by atoms with E-state index < -0.39 is 0 Å². The number of nitrogens with zero attached hydrogens (tertiary/aromatic N) is 2. The normalized spacial score (nSPS) is 16.4. The summed E-state index contributed by atoms with van der Waals surface area (Å²) in [4.78, 5) is 16.4. The quantitative estimate of drug-likeness (QED) is 0.814. The van der Waals surface area contributed by atoms with Crippen molar-refractivity contribution in [3.05, 3.63) is 59.7 Å². The van der Waals surface area contributed by atoms with Crippen molar-refractivity contribution in [3.8, 4) is 11.1 Å². The molecule has 2 aromatic rings. The Morgan fingerprint density at radius 3 is 2.28 bits per heavy atom. The van der Waals surface area contributed by atoms with Gasteiger partial charge in [-0.05, 0) is 61.7 Å². The SMILES string of the molecule is C[C@@H](c1ccc(-c2cccc(C(=O)N(C)C)c2)cc1)N1CCCCC1. The number of likely N-dealkylation sites (tertiary alicyclic amines) is 1. The lowest BCUT2D eigenvalue weighted by atomic mass is 9.98. The monoisotopic (exact) mass is 336 g/mol. The van der Waals surface area contributed by atoms with Gasteiger partial charge in [0.2, 0.25) is 0 Å². The lowest BCUT2D eigenvalue weighted by molar-refractivity contribution is 0.0827. The van der Waals surface area contributed by atoms with E-state index in [0.717, 1.165) is 16.7 Å². The molecule has 0 saturated carbocycles. The smallest absolute Gasteiger partial charge is 0.253 e. The molecule has 1 saturated heterocycles. The van der Waals surface area contributed by atoms with E-state index in [0.29, 0.717) is 6.04 Å². The van der Waals surface area contributed by atoms with Gasteiger partial charge in [-0.3, -0.25) is 9.69 Å². The summed E-state index contributed by atoms with van der Waals surface area (Å²) in [7, 11) is 3.57. The first-order valence-electron chi connectivity index (χ1n) is 9.22. The number of hydrogen-bond acceptors (Lipinski definition) is 2. The van der Waals surface area contributed by atoms with Crippen LogP contribution in [-0.4, -0.2) is 42.9 Å². The summed E-state index contributed by atoms with van der Waals surface area (Å²) in [5.74, 6) is 0.0391. The van der Waals surface area contributed by atoms with Crippen LogP contribution in [0.15, 0.2) is 48.5 Å². The Bertz CT molecular complexity index is 715. The standard InChI is InChI=1S/C22H28N2O/c1-17(24-14-5-4-6-15-24)18-10-12-19(13-11-18)20-8-7-9-21(16-20)22(25)23(2)3/h7-13,16-17H,4-6,14-15H2,1-3H3/t17-/m0/s1. The Labute approximate surface area is 151 Å². The number of amides is 1. The highest BCUT2D eigenvalue weighted by atomic mass is 16.2. The van der Waals surface area contributed by atoms with E-state index in [1.54, 1.807) is 19.0 Å². The van der Waals surface area contributed by atoms with Gasteiger partial charge in [0.05, 0.1) is 0 Å². The Hall–Kier alpha value is -2.13. The fourth-order valence-corrected chi connectivity index (χ4v) is 3.56. The molecular formula is C22H28N2O. The van der Waals surface area contributed by atoms with Crippen LogP contribution in [0.2, 0.25) is 0 Å². The third kappa shape index (κ3) is 4.10. The van der Waals surface area contributed by atoms with Gasteiger partial charge in [-0.1, -0.05) is 42.8 Å². The first-order valence-corrected chi connectivity index (χ1v) is 9.22. The molecule has 1 amide bonds. The molecule has 0 bridgehead atoms. The van der Waals surface area contributed by atoms with Gasteiger partial charge in [0.15, 0.2) is 0 Å². The summed E-state index contributed by atoms with van der Waals surface area (Å²) in [6.45, 7) is 4.71. The third-order valence-corrected chi connectivity index (χ3v) is 5.18. The topological polar surface area (TPSA) is 23.6 Å². The summed E-state index contributed by atoms with van der Waals surface area (Å²) in [5, 5.41) is 0. The molecule has 2 aromatic carbocycles. The first kappa shape index (κ1) is 17.7. The summed E-state index contributed by atoms with van der Waals surface area (Å²) >= 11 is 0. The minimum absolute atomic E-state index is 0.0391. The molecule has 1 atom stereocenters. The van der Waals surface area contributed by atoms with Gasteiger partial charge in [0.1, 0.15) is 0 Å². The lowest BCUT2D eigenvalue weighted by Crippen LogP contribution is -2.32. The van der Waals surface area contributed by atoms with Crippen molar-refractivity contribution < 1.29 is 4.79 Å². The van der Waals surface area contributed by atoms with Gasteiger partial charge in [0, 0.05) is 25.7 Å². The molecule has 1 aliphatic heterocycles. The van der Waals surface area contributed by atoms with E-state index in [9.17, 15) is 4.79 Å². The van der Waals surface area contributed by atoms with Gasteiger partial charge < -0.3 is 4.90 Å². The predicted molar refractivity (Wildman–Crippen MR) is 104 cm³/mol. The number of benzene rings is 2. The number of piperidine rings is 1. The van der Waals surface area contributed by atoms with Crippen LogP contribution in [-0.2, 0) is 0 Å². The molecule has 0 spiro atoms. The van der Waals surface area contributed by atoms with E-state index in [1.807, 2.05) is 18.2 Å². The predicted octanol–water partition coefficient (Wildman–Crippen LogP) is 4.60. The van der Waals surface area contributed by atoms with Gasteiger partial charge in [-0.25, -0.2) is 0 Å². The van der Waals surface area contributed by atoms with Crippen LogP contribution < -0.4 is 0 Å². The third-order valence-electron chi connectivity index (χ3n) is 5.18. The molecule has 3 heteroatoms. The molecule has 1 fully saturated rings. The van der Waals surface area contributed by atoms with Crippen LogP contribution in [0.3, 0.4) is 0 Å². The van der Waals surface area contributed by atoms with E-state index in [-0.39, 0.29) is 5.91 Å². The second-order valence-corrected chi connectivity index (χ2v) is 7.17. The number of carbonyl (C=O) groups is 1. The van der Waals surface area contributed by atoms with E-state index in [1.165, 1.54) is 37.9 Å². The minimum Gasteiger partial charge on any atom is -0.345 e. The van der Waals surface area contributed by atoms with Crippen molar-refractivity contribution in [2.45, 2.75) is 32.2 Å². The van der Waals surface area contributed by atoms with Crippen molar-refractivity contribution in [1.29, 1.82) is 0 Å². The molecule has 3 rings (SSSR count). The molecule has 1 heterocycles. The van der Waals surface area contributed by atoms with Gasteiger partial charge in [0.25, 0.3) is 5.91 Å². The zero-order valence-electron chi connectivity index (χ0n) is 15.5. The summed E-state index contributed by atoms with van der Waals surface area (Å²) < 4.78 is 0. The molecule has 0 aromatic heterocycles. The second kappa shape index (κ2) is 7.83.